The number of hydrogen-bond acceptors (Lipinski definition) is 1. The van der Waals surface area contributed by atoms with Gasteiger partial charge < -0.3 is 4.48 Å². The second kappa shape index (κ2) is 9.71. The lowest BCUT2D eigenvalue weighted by Gasteiger charge is -2.10. The minimum Gasteiger partial charge on any atom is -0.325 e. The second-order valence-corrected chi connectivity index (χ2v) is 7.89. The molecule has 0 N–H and O–H groups in total. The lowest BCUT2D eigenvalue weighted by Crippen LogP contribution is -2.16. The molecule has 3 aromatic carbocycles. The van der Waals surface area contributed by atoms with E-state index in [1.165, 1.54) is 0 Å². The highest BCUT2D eigenvalue weighted by Gasteiger charge is 2.27. The summed E-state index contributed by atoms with van der Waals surface area (Å²) in [5.74, 6) is 0. The van der Waals surface area contributed by atoms with E-state index in [1.807, 2.05) is 121 Å². The second-order valence-electron chi connectivity index (χ2n) is 7.89. The number of aliphatic imine (C=N–C) groups is 1. The zero-order valence-electron chi connectivity index (χ0n) is 18.4. The standard InChI is InChI=1S/C29H21BF2N2/c31-30(32)34-28(24-14-8-3-9-15-24)21-27(23-12-6-2-7-13-23)29(34)20-26-19-18-25(33-26)17-16-22-10-4-1-5-11-22/h1-21H/b17-16+,26-20-. The maximum Gasteiger partial charge on any atom is 0.678 e. The summed E-state index contributed by atoms with van der Waals surface area (Å²) in [7, 11) is -2.70. The highest BCUT2D eigenvalue weighted by Crippen LogP contribution is 2.35. The van der Waals surface area contributed by atoms with Crippen LogP contribution in [0.15, 0.2) is 126 Å². The first-order valence-corrected chi connectivity index (χ1v) is 11.0. The van der Waals surface area contributed by atoms with Gasteiger partial charge in [0.15, 0.2) is 0 Å². The minimum atomic E-state index is -2.70. The quantitative estimate of drug-likeness (QED) is 0.271. The van der Waals surface area contributed by atoms with E-state index in [0.29, 0.717) is 17.1 Å². The largest absolute Gasteiger partial charge is 0.678 e. The molecule has 0 aliphatic carbocycles. The Morgan fingerprint density at radius 1 is 0.706 bits per heavy atom. The van der Waals surface area contributed by atoms with E-state index in [-0.39, 0.29) is 0 Å². The number of aromatic nitrogens is 1. The van der Waals surface area contributed by atoms with Crippen LogP contribution in [-0.2, 0) is 0 Å². The molecule has 5 heteroatoms. The Bertz CT molecular complexity index is 1400. The molecule has 0 fully saturated rings. The number of halogens is 2. The van der Waals surface area contributed by atoms with Crippen LogP contribution in [0.1, 0.15) is 11.3 Å². The number of hydrogen-bond donors (Lipinski definition) is 0. The molecule has 0 saturated carbocycles. The average Bonchev–Trinajstić information content (AvgIpc) is 3.49. The number of rotatable bonds is 6. The fraction of sp³-hybridized carbons (Fsp3) is 0. The van der Waals surface area contributed by atoms with E-state index in [2.05, 4.69) is 4.99 Å². The number of nitrogens with zero attached hydrogens (tertiary/aromatic N) is 2. The van der Waals surface area contributed by atoms with Crippen molar-refractivity contribution in [1.82, 2.24) is 4.48 Å². The van der Waals surface area contributed by atoms with E-state index in [4.69, 9.17) is 0 Å². The Balaban J connectivity index is 1.60. The predicted octanol–water partition coefficient (Wildman–Crippen LogP) is 7.66. The molecule has 5 rings (SSSR count). The van der Waals surface area contributed by atoms with Gasteiger partial charge in [-0.05, 0) is 47.1 Å². The van der Waals surface area contributed by atoms with E-state index >= 15 is 0 Å². The van der Waals surface area contributed by atoms with Gasteiger partial charge in [0.1, 0.15) is 0 Å². The molecule has 0 atom stereocenters. The fourth-order valence-electron chi connectivity index (χ4n) is 4.03. The van der Waals surface area contributed by atoms with Crippen molar-refractivity contribution in [2.24, 2.45) is 4.99 Å². The Morgan fingerprint density at radius 2 is 1.32 bits per heavy atom. The molecule has 34 heavy (non-hydrogen) atoms. The summed E-state index contributed by atoms with van der Waals surface area (Å²) in [4.78, 5) is 4.64. The predicted molar refractivity (Wildman–Crippen MR) is 139 cm³/mol. The van der Waals surface area contributed by atoms with Gasteiger partial charge in [0.05, 0.1) is 11.4 Å². The Kier molecular flexibility index (Phi) is 6.17. The van der Waals surface area contributed by atoms with Gasteiger partial charge in [0.25, 0.3) is 0 Å². The van der Waals surface area contributed by atoms with Crippen molar-refractivity contribution in [2.75, 3.05) is 0 Å². The van der Waals surface area contributed by atoms with Gasteiger partial charge in [-0.1, -0.05) is 97.1 Å². The van der Waals surface area contributed by atoms with Crippen molar-refractivity contribution in [3.8, 4) is 22.4 Å². The van der Waals surface area contributed by atoms with E-state index in [0.717, 1.165) is 32.4 Å². The van der Waals surface area contributed by atoms with Crippen molar-refractivity contribution in [2.45, 2.75) is 0 Å². The summed E-state index contributed by atoms with van der Waals surface area (Å²) in [5, 5.41) is 0. The number of benzene rings is 3. The van der Waals surface area contributed by atoms with Gasteiger partial charge in [-0.25, -0.2) is 4.99 Å². The Labute approximate surface area is 198 Å². The molecular weight excluding hydrogens is 425 g/mol. The van der Waals surface area contributed by atoms with Crippen LogP contribution in [0.25, 0.3) is 34.5 Å². The van der Waals surface area contributed by atoms with Crippen LogP contribution in [0, 0.1) is 0 Å². The minimum absolute atomic E-state index is 0.428. The first-order chi connectivity index (χ1) is 16.7. The lowest BCUT2D eigenvalue weighted by molar-refractivity contribution is 0.630. The zero-order valence-corrected chi connectivity index (χ0v) is 18.4. The van der Waals surface area contributed by atoms with Crippen molar-refractivity contribution in [3.63, 3.8) is 0 Å². The van der Waals surface area contributed by atoms with Crippen molar-refractivity contribution >= 4 is 25.3 Å². The Morgan fingerprint density at radius 3 is 1.97 bits per heavy atom. The van der Waals surface area contributed by atoms with Gasteiger partial charge in [-0.2, -0.15) is 0 Å². The fourth-order valence-corrected chi connectivity index (χ4v) is 4.03. The number of allylic oxidation sites excluding steroid dienone is 3. The molecular formula is C29H21BF2N2. The van der Waals surface area contributed by atoms with Gasteiger partial charge >= 0.3 is 7.40 Å². The van der Waals surface area contributed by atoms with E-state index in [9.17, 15) is 8.63 Å². The first kappa shape index (κ1) is 21.6. The molecule has 0 amide bonds. The zero-order chi connectivity index (χ0) is 23.3. The normalized spacial score (nSPS) is 14.2. The van der Waals surface area contributed by atoms with Crippen molar-refractivity contribution < 1.29 is 8.63 Å². The monoisotopic (exact) mass is 446 g/mol. The SMILES string of the molecule is FB(F)n1c(-c2ccccc2)cc(-c2ccccc2)c1/C=C1/C=CC(/C=C/c2ccccc2)=N1. The van der Waals surface area contributed by atoms with Crippen molar-refractivity contribution in [3.05, 3.63) is 132 Å². The molecule has 2 nitrogen and oxygen atoms in total. The maximum absolute atomic E-state index is 14.4. The summed E-state index contributed by atoms with van der Waals surface area (Å²) in [6.45, 7) is 0. The molecule has 0 spiro atoms. The topological polar surface area (TPSA) is 17.3 Å². The third kappa shape index (κ3) is 4.60. The first-order valence-electron chi connectivity index (χ1n) is 11.0. The molecule has 4 aromatic rings. The van der Waals surface area contributed by atoms with Crippen LogP contribution in [0.5, 0.6) is 0 Å². The smallest absolute Gasteiger partial charge is 0.325 e. The highest BCUT2D eigenvalue weighted by molar-refractivity contribution is 6.42. The third-order valence-corrected chi connectivity index (χ3v) is 5.64. The molecule has 164 valence electrons. The van der Waals surface area contributed by atoms with E-state index < -0.39 is 7.40 Å². The van der Waals surface area contributed by atoms with Crippen molar-refractivity contribution in [1.29, 1.82) is 0 Å². The van der Waals surface area contributed by atoms with Crippen LogP contribution in [0.4, 0.5) is 8.63 Å². The Hall–Kier alpha value is -4.25. The summed E-state index contributed by atoms with van der Waals surface area (Å²) in [6.07, 6.45) is 9.38. The molecule has 0 bridgehead atoms. The third-order valence-electron chi connectivity index (χ3n) is 5.64. The van der Waals surface area contributed by atoms with Gasteiger partial charge in [0, 0.05) is 17.0 Å². The molecule has 2 heterocycles. The summed E-state index contributed by atoms with van der Waals surface area (Å²) in [6, 6.07) is 30.7. The van der Waals surface area contributed by atoms with Crippen LogP contribution in [-0.4, -0.2) is 17.6 Å². The molecule has 1 aliphatic rings. The van der Waals surface area contributed by atoms with Gasteiger partial charge in [0.2, 0.25) is 0 Å². The summed E-state index contributed by atoms with van der Waals surface area (Å²) < 4.78 is 30.0. The van der Waals surface area contributed by atoms with Crippen LogP contribution < -0.4 is 0 Å². The van der Waals surface area contributed by atoms with Gasteiger partial charge in [-0.15, -0.1) is 0 Å². The molecule has 1 aromatic heterocycles. The van der Waals surface area contributed by atoms with Gasteiger partial charge in [-0.3, -0.25) is 8.63 Å². The molecule has 0 radical (unpaired) electrons. The average molecular weight is 446 g/mol. The maximum atomic E-state index is 14.4. The lowest BCUT2D eigenvalue weighted by atomic mass is 10.0. The summed E-state index contributed by atoms with van der Waals surface area (Å²) >= 11 is 0. The molecule has 0 saturated heterocycles. The van der Waals surface area contributed by atoms with Crippen LogP contribution in [0.3, 0.4) is 0 Å². The van der Waals surface area contributed by atoms with Crippen LogP contribution >= 0.6 is 0 Å². The molecule has 0 unspecified atom stereocenters. The van der Waals surface area contributed by atoms with Crippen LogP contribution in [0.2, 0.25) is 0 Å². The molecule has 1 aliphatic heterocycles. The summed E-state index contributed by atoms with van der Waals surface area (Å²) in [5.41, 5.74) is 5.72. The highest BCUT2D eigenvalue weighted by atomic mass is 19.2. The van der Waals surface area contributed by atoms with E-state index in [1.54, 1.807) is 6.08 Å².